The molecule has 4 aromatic rings. The van der Waals surface area contributed by atoms with Gasteiger partial charge in [-0.2, -0.15) is 0 Å². The van der Waals surface area contributed by atoms with Crippen LogP contribution in [0, 0.1) is 13.8 Å². The van der Waals surface area contributed by atoms with Gasteiger partial charge in [0, 0.05) is 16.1 Å². The molecule has 0 aliphatic rings. The van der Waals surface area contributed by atoms with Gasteiger partial charge in [-0.05, 0) is 50.6 Å². The van der Waals surface area contributed by atoms with E-state index in [1.807, 2.05) is 44.2 Å². The van der Waals surface area contributed by atoms with Crippen LogP contribution in [-0.2, 0) is 4.79 Å². The van der Waals surface area contributed by atoms with Gasteiger partial charge < -0.3 is 5.32 Å². The number of para-hydroxylation sites is 1. The van der Waals surface area contributed by atoms with Crippen molar-refractivity contribution < 1.29 is 9.59 Å². The van der Waals surface area contributed by atoms with E-state index in [0.29, 0.717) is 32.3 Å². The number of hydrogen-bond acceptors (Lipinski definition) is 6. The van der Waals surface area contributed by atoms with E-state index >= 15 is 0 Å². The summed E-state index contributed by atoms with van der Waals surface area (Å²) in [4.78, 5) is 44.0. The highest BCUT2D eigenvalue weighted by molar-refractivity contribution is 7.99. The second kappa shape index (κ2) is 9.10. The van der Waals surface area contributed by atoms with E-state index in [1.165, 1.54) is 30.0 Å². The molecule has 2 aromatic carbocycles. The lowest BCUT2D eigenvalue weighted by molar-refractivity contribution is -0.113. The predicted octanol–water partition coefficient (Wildman–Crippen LogP) is 5.00. The molecule has 32 heavy (non-hydrogen) atoms. The molecule has 1 amide bonds. The number of carbonyl (C=O) groups excluding carboxylic acids is 2. The minimum Gasteiger partial charge on any atom is -0.325 e. The predicted molar refractivity (Wildman–Crippen MR) is 130 cm³/mol. The average molecular weight is 464 g/mol. The first-order valence-corrected chi connectivity index (χ1v) is 11.8. The van der Waals surface area contributed by atoms with Crippen LogP contribution in [0.5, 0.6) is 0 Å². The van der Waals surface area contributed by atoms with E-state index in [2.05, 4.69) is 5.32 Å². The molecule has 0 atom stereocenters. The maximum absolute atomic E-state index is 13.4. The fourth-order valence-electron chi connectivity index (χ4n) is 3.32. The fourth-order valence-corrected chi connectivity index (χ4v) is 5.20. The van der Waals surface area contributed by atoms with Crippen molar-refractivity contribution in [3.63, 3.8) is 0 Å². The molecule has 0 spiro atoms. The summed E-state index contributed by atoms with van der Waals surface area (Å²) >= 11 is 2.69. The Hall–Kier alpha value is -3.23. The van der Waals surface area contributed by atoms with E-state index in [9.17, 15) is 14.4 Å². The Balaban J connectivity index is 1.65. The summed E-state index contributed by atoms with van der Waals surface area (Å²) in [6, 6.07) is 16.1. The Morgan fingerprint density at radius 1 is 1.09 bits per heavy atom. The molecule has 0 aliphatic carbocycles. The van der Waals surface area contributed by atoms with Gasteiger partial charge in [0.15, 0.2) is 10.9 Å². The smallest absolute Gasteiger partial charge is 0.267 e. The highest BCUT2D eigenvalue weighted by Gasteiger charge is 2.19. The van der Waals surface area contributed by atoms with Gasteiger partial charge in [0.2, 0.25) is 5.91 Å². The Labute approximate surface area is 193 Å². The number of thiophene rings is 1. The Kier molecular flexibility index (Phi) is 6.25. The number of Topliss-reactive ketones (excluding diaryl/α,β-unsaturated/α-hetero) is 1. The van der Waals surface area contributed by atoms with Gasteiger partial charge in [-0.15, -0.1) is 11.3 Å². The molecule has 0 aliphatic heterocycles. The summed E-state index contributed by atoms with van der Waals surface area (Å²) in [5, 5.41) is 3.88. The number of anilines is 1. The van der Waals surface area contributed by atoms with Gasteiger partial charge in [-0.1, -0.05) is 42.1 Å². The number of aromatic nitrogens is 2. The number of ketones is 1. The third kappa shape index (κ3) is 4.37. The number of nitrogens with zero attached hydrogens (tertiary/aromatic N) is 2. The number of thioether (sulfide) groups is 1. The third-order valence-corrected chi connectivity index (χ3v) is 7.11. The zero-order chi connectivity index (χ0) is 22.8. The Bertz CT molecular complexity index is 1390. The second-order valence-corrected chi connectivity index (χ2v) is 9.45. The molecule has 0 fully saturated rings. The van der Waals surface area contributed by atoms with Gasteiger partial charge in [0.1, 0.15) is 4.83 Å². The molecule has 0 saturated carbocycles. The van der Waals surface area contributed by atoms with Crippen molar-refractivity contribution in [1.82, 2.24) is 9.55 Å². The maximum atomic E-state index is 13.4. The quantitative estimate of drug-likeness (QED) is 0.247. The maximum Gasteiger partial charge on any atom is 0.267 e. The number of aryl methyl sites for hydroxylation is 2. The van der Waals surface area contributed by atoms with Crippen LogP contribution in [0.25, 0.3) is 15.9 Å². The topological polar surface area (TPSA) is 81.1 Å². The SMILES string of the molecule is CC(=O)c1cccc(NC(=O)CSc2nc3sc(C)c(C)c3c(=O)n2-c2ccccc2)c1. The van der Waals surface area contributed by atoms with Crippen LogP contribution in [0.1, 0.15) is 27.7 Å². The van der Waals surface area contributed by atoms with Crippen molar-refractivity contribution >= 4 is 50.7 Å². The van der Waals surface area contributed by atoms with Gasteiger partial charge in [0.25, 0.3) is 5.56 Å². The lowest BCUT2D eigenvalue weighted by Gasteiger charge is -2.12. The molecule has 8 heteroatoms. The molecule has 2 aromatic heterocycles. The summed E-state index contributed by atoms with van der Waals surface area (Å²) < 4.78 is 1.57. The number of nitrogens with one attached hydrogen (secondary N) is 1. The number of carbonyl (C=O) groups is 2. The Morgan fingerprint density at radius 2 is 1.84 bits per heavy atom. The van der Waals surface area contributed by atoms with E-state index < -0.39 is 0 Å². The van der Waals surface area contributed by atoms with Crippen LogP contribution in [0.3, 0.4) is 0 Å². The van der Waals surface area contributed by atoms with Gasteiger partial charge in [0.05, 0.1) is 16.8 Å². The number of amides is 1. The van der Waals surface area contributed by atoms with Crippen LogP contribution >= 0.6 is 23.1 Å². The second-order valence-electron chi connectivity index (χ2n) is 7.31. The first-order valence-electron chi connectivity index (χ1n) is 9.97. The number of rotatable bonds is 6. The monoisotopic (exact) mass is 463 g/mol. The van der Waals surface area contributed by atoms with E-state index in [4.69, 9.17) is 4.98 Å². The normalized spacial score (nSPS) is 11.0. The van der Waals surface area contributed by atoms with Crippen LogP contribution in [-0.4, -0.2) is 27.0 Å². The average Bonchev–Trinajstić information content (AvgIpc) is 3.06. The minimum absolute atomic E-state index is 0.0679. The number of hydrogen-bond donors (Lipinski definition) is 1. The summed E-state index contributed by atoms with van der Waals surface area (Å²) in [6.45, 7) is 5.39. The van der Waals surface area contributed by atoms with E-state index in [0.717, 1.165) is 10.4 Å². The lowest BCUT2D eigenvalue weighted by atomic mass is 10.1. The van der Waals surface area contributed by atoms with Crippen molar-refractivity contribution in [3.8, 4) is 5.69 Å². The van der Waals surface area contributed by atoms with Crippen molar-refractivity contribution in [2.45, 2.75) is 25.9 Å². The van der Waals surface area contributed by atoms with Crippen LogP contribution < -0.4 is 10.9 Å². The molecular formula is C24H21N3O3S2. The molecular weight excluding hydrogens is 442 g/mol. The van der Waals surface area contributed by atoms with Crippen molar-refractivity contribution in [2.75, 3.05) is 11.1 Å². The molecule has 1 N–H and O–H groups in total. The van der Waals surface area contributed by atoms with Crippen LogP contribution in [0.4, 0.5) is 5.69 Å². The first kappa shape index (κ1) is 22.0. The lowest BCUT2D eigenvalue weighted by Crippen LogP contribution is -2.22. The third-order valence-electron chi connectivity index (χ3n) is 5.07. The van der Waals surface area contributed by atoms with Crippen LogP contribution in [0.15, 0.2) is 64.5 Å². The highest BCUT2D eigenvalue weighted by atomic mass is 32.2. The summed E-state index contributed by atoms with van der Waals surface area (Å²) in [6.07, 6.45) is 0. The largest absolute Gasteiger partial charge is 0.325 e. The van der Waals surface area contributed by atoms with Gasteiger partial charge in [-0.3, -0.25) is 19.0 Å². The summed E-state index contributed by atoms with van der Waals surface area (Å²) in [7, 11) is 0. The molecule has 0 saturated heterocycles. The molecule has 0 bridgehead atoms. The molecule has 0 radical (unpaired) electrons. The minimum atomic E-state index is -0.247. The number of fused-ring (bicyclic) bond motifs is 1. The highest BCUT2D eigenvalue weighted by Crippen LogP contribution is 2.29. The van der Waals surface area contributed by atoms with Crippen molar-refractivity contribution in [2.24, 2.45) is 0 Å². The summed E-state index contributed by atoms with van der Waals surface area (Å²) in [5.41, 5.74) is 2.58. The molecule has 162 valence electrons. The van der Waals surface area contributed by atoms with Gasteiger partial charge in [-0.25, -0.2) is 4.98 Å². The van der Waals surface area contributed by atoms with E-state index in [-0.39, 0.29) is 23.0 Å². The van der Waals surface area contributed by atoms with Crippen molar-refractivity contribution in [3.05, 3.63) is 81.0 Å². The molecule has 0 unspecified atom stereocenters. The zero-order valence-corrected chi connectivity index (χ0v) is 19.5. The van der Waals surface area contributed by atoms with Crippen molar-refractivity contribution in [1.29, 1.82) is 0 Å². The Morgan fingerprint density at radius 3 is 2.56 bits per heavy atom. The molecule has 4 rings (SSSR count). The first-order chi connectivity index (χ1) is 15.3. The molecule has 6 nitrogen and oxygen atoms in total. The standard InChI is InChI=1S/C24H21N3O3S2/c1-14-16(3)32-22-21(14)23(30)27(19-10-5-4-6-11-19)24(26-22)31-13-20(29)25-18-9-7-8-17(12-18)15(2)28/h4-12H,13H2,1-3H3,(H,25,29). The zero-order valence-electron chi connectivity index (χ0n) is 17.8. The fraction of sp³-hybridized carbons (Fsp3) is 0.167. The van der Waals surface area contributed by atoms with E-state index in [1.54, 1.807) is 28.8 Å². The number of benzene rings is 2. The van der Waals surface area contributed by atoms with Gasteiger partial charge >= 0.3 is 0 Å². The van der Waals surface area contributed by atoms with Crippen LogP contribution in [0.2, 0.25) is 0 Å². The summed E-state index contributed by atoms with van der Waals surface area (Å²) in [5.74, 6) is -0.247. The molecule has 2 heterocycles.